The van der Waals surface area contributed by atoms with Crippen LogP contribution in [0.4, 0.5) is 5.82 Å². The predicted octanol–water partition coefficient (Wildman–Crippen LogP) is -0.366. The van der Waals surface area contributed by atoms with E-state index in [0.717, 1.165) is 0 Å². The molecule has 104 valence electrons. The van der Waals surface area contributed by atoms with Gasteiger partial charge in [-0.05, 0) is 6.07 Å². The van der Waals surface area contributed by atoms with E-state index in [1.165, 1.54) is 22.6 Å². The minimum atomic E-state index is -3.58. The van der Waals surface area contributed by atoms with Crippen LogP contribution < -0.4 is 10.6 Å². The van der Waals surface area contributed by atoms with Crippen molar-refractivity contribution in [2.75, 3.05) is 32.0 Å². The molecular weight excluding hydrogens is 268 g/mol. The molecule has 1 aromatic rings. The summed E-state index contributed by atoms with van der Waals surface area (Å²) in [6.07, 6.45) is 1.63. The third-order valence-electron chi connectivity index (χ3n) is 2.90. The van der Waals surface area contributed by atoms with Crippen LogP contribution in [0.2, 0.25) is 0 Å². The third kappa shape index (κ3) is 3.02. The smallest absolute Gasteiger partial charge is 0.243 e. The second-order valence-electron chi connectivity index (χ2n) is 4.13. The van der Waals surface area contributed by atoms with Gasteiger partial charge in [0.15, 0.2) is 0 Å². The van der Waals surface area contributed by atoms with Crippen molar-refractivity contribution in [2.45, 2.75) is 11.3 Å². The largest absolute Gasteiger partial charge is 0.373 e. The van der Waals surface area contributed by atoms with E-state index in [1.807, 2.05) is 0 Å². The lowest BCUT2D eigenvalue weighted by Gasteiger charge is -2.19. The first-order valence-corrected chi connectivity index (χ1v) is 7.38. The Morgan fingerprint density at radius 2 is 2.21 bits per heavy atom. The summed E-state index contributed by atoms with van der Waals surface area (Å²) in [5.41, 5.74) is 0. The van der Waals surface area contributed by atoms with Gasteiger partial charge in [-0.25, -0.2) is 13.4 Å². The number of carbonyl (C=O) groups is 1. The first-order chi connectivity index (χ1) is 9.04. The number of hydrogen-bond donors (Lipinski definition) is 2. The molecule has 1 aromatic heterocycles. The Bertz CT molecular complexity index is 573. The average Bonchev–Trinajstić information content (AvgIpc) is 2.64. The van der Waals surface area contributed by atoms with Crippen molar-refractivity contribution in [1.82, 2.24) is 14.6 Å². The van der Waals surface area contributed by atoms with E-state index >= 15 is 0 Å². The topological polar surface area (TPSA) is 91.4 Å². The third-order valence-corrected chi connectivity index (χ3v) is 4.79. The quantitative estimate of drug-likeness (QED) is 0.790. The van der Waals surface area contributed by atoms with Crippen LogP contribution in [0.1, 0.15) is 6.42 Å². The summed E-state index contributed by atoms with van der Waals surface area (Å²) in [4.78, 5) is 15.4. The van der Waals surface area contributed by atoms with Gasteiger partial charge in [-0.1, -0.05) is 0 Å². The number of pyridine rings is 1. The van der Waals surface area contributed by atoms with Crippen molar-refractivity contribution in [3.8, 4) is 0 Å². The first kappa shape index (κ1) is 13.8. The van der Waals surface area contributed by atoms with Crippen LogP contribution in [0.3, 0.4) is 0 Å². The van der Waals surface area contributed by atoms with Crippen LogP contribution in [0.15, 0.2) is 23.2 Å². The van der Waals surface area contributed by atoms with Crippen LogP contribution in [-0.4, -0.2) is 50.3 Å². The highest BCUT2D eigenvalue weighted by atomic mass is 32.2. The van der Waals surface area contributed by atoms with E-state index in [1.54, 1.807) is 7.05 Å². The van der Waals surface area contributed by atoms with Gasteiger partial charge < -0.3 is 10.6 Å². The number of aromatic nitrogens is 1. The number of anilines is 1. The molecule has 2 N–H and O–H groups in total. The molecule has 2 heterocycles. The van der Waals surface area contributed by atoms with Gasteiger partial charge in [-0.3, -0.25) is 4.79 Å². The molecule has 1 aliphatic rings. The Hall–Kier alpha value is -1.67. The van der Waals surface area contributed by atoms with Gasteiger partial charge in [-0.2, -0.15) is 4.31 Å². The first-order valence-electron chi connectivity index (χ1n) is 5.94. The van der Waals surface area contributed by atoms with Gasteiger partial charge in [0.1, 0.15) is 5.82 Å². The van der Waals surface area contributed by atoms with Crippen LogP contribution >= 0.6 is 0 Å². The molecule has 7 nitrogen and oxygen atoms in total. The molecule has 0 unspecified atom stereocenters. The standard InChI is InChI=1S/C11H16N4O3S/c1-12-10-8-9(2-4-13-10)19(17,18)15-6-3-11(16)14-5-7-15/h2,4,8H,3,5-7H2,1H3,(H,12,13)(H,14,16). The molecule has 0 radical (unpaired) electrons. The Labute approximate surface area is 112 Å². The van der Waals surface area contributed by atoms with Crippen molar-refractivity contribution < 1.29 is 13.2 Å². The highest BCUT2D eigenvalue weighted by Crippen LogP contribution is 2.18. The molecule has 1 amide bonds. The molecule has 2 rings (SSSR count). The molecule has 1 fully saturated rings. The summed E-state index contributed by atoms with van der Waals surface area (Å²) in [5, 5.41) is 5.45. The van der Waals surface area contributed by atoms with Crippen LogP contribution in [-0.2, 0) is 14.8 Å². The monoisotopic (exact) mass is 284 g/mol. The fourth-order valence-corrected chi connectivity index (χ4v) is 3.30. The molecule has 0 saturated carbocycles. The fraction of sp³-hybridized carbons (Fsp3) is 0.455. The van der Waals surface area contributed by atoms with Crippen LogP contribution in [0, 0.1) is 0 Å². The molecule has 0 spiro atoms. The zero-order chi connectivity index (χ0) is 13.9. The zero-order valence-electron chi connectivity index (χ0n) is 10.6. The van der Waals surface area contributed by atoms with Gasteiger partial charge in [0.05, 0.1) is 4.90 Å². The number of rotatable bonds is 3. The Morgan fingerprint density at radius 3 is 2.95 bits per heavy atom. The van der Waals surface area contributed by atoms with E-state index in [2.05, 4.69) is 15.6 Å². The second-order valence-corrected chi connectivity index (χ2v) is 6.07. The Morgan fingerprint density at radius 1 is 1.42 bits per heavy atom. The van der Waals surface area contributed by atoms with Gasteiger partial charge in [0, 0.05) is 45.4 Å². The molecule has 1 aliphatic heterocycles. The maximum atomic E-state index is 12.4. The summed E-state index contributed by atoms with van der Waals surface area (Å²) < 4.78 is 26.2. The normalized spacial score (nSPS) is 17.6. The average molecular weight is 284 g/mol. The maximum absolute atomic E-state index is 12.4. The molecule has 0 atom stereocenters. The Kier molecular flexibility index (Phi) is 4.01. The number of carbonyl (C=O) groups excluding carboxylic acids is 1. The molecular formula is C11H16N4O3S. The molecule has 8 heteroatoms. The minimum Gasteiger partial charge on any atom is -0.373 e. The summed E-state index contributed by atoms with van der Waals surface area (Å²) in [5.74, 6) is 0.369. The van der Waals surface area contributed by atoms with Crippen molar-refractivity contribution >= 4 is 21.7 Å². The summed E-state index contributed by atoms with van der Waals surface area (Å²) >= 11 is 0. The number of amides is 1. The predicted molar refractivity (Wildman–Crippen MR) is 70.2 cm³/mol. The Balaban J connectivity index is 2.27. The van der Waals surface area contributed by atoms with Crippen LogP contribution in [0.5, 0.6) is 0 Å². The summed E-state index contributed by atoms with van der Waals surface area (Å²) in [6, 6.07) is 2.94. The van der Waals surface area contributed by atoms with Gasteiger partial charge in [0.2, 0.25) is 15.9 Å². The number of sulfonamides is 1. The molecule has 0 aromatic carbocycles. The highest BCUT2D eigenvalue weighted by Gasteiger charge is 2.26. The summed E-state index contributed by atoms with van der Waals surface area (Å²) in [7, 11) is -1.91. The second kappa shape index (κ2) is 5.54. The van der Waals surface area contributed by atoms with Gasteiger partial charge in [-0.15, -0.1) is 0 Å². The van der Waals surface area contributed by atoms with Crippen molar-refractivity contribution in [3.05, 3.63) is 18.3 Å². The van der Waals surface area contributed by atoms with E-state index in [-0.39, 0.29) is 30.3 Å². The SMILES string of the molecule is CNc1cc(S(=O)(=O)N2CCNC(=O)CC2)ccn1. The molecule has 19 heavy (non-hydrogen) atoms. The molecule has 0 bridgehead atoms. The van der Waals surface area contributed by atoms with E-state index in [9.17, 15) is 13.2 Å². The van der Waals surface area contributed by atoms with E-state index in [4.69, 9.17) is 0 Å². The number of hydrogen-bond acceptors (Lipinski definition) is 5. The van der Waals surface area contributed by atoms with Gasteiger partial charge in [0.25, 0.3) is 0 Å². The van der Waals surface area contributed by atoms with E-state index in [0.29, 0.717) is 12.4 Å². The molecule has 0 aliphatic carbocycles. The minimum absolute atomic E-state index is 0.122. The van der Waals surface area contributed by atoms with Crippen molar-refractivity contribution in [2.24, 2.45) is 0 Å². The van der Waals surface area contributed by atoms with Crippen molar-refractivity contribution in [3.63, 3.8) is 0 Å². The maximum Gasteiger partial charge on any atom is 0.243 e. The lowest BCUT2D eigenvalue weighted by molar-refractivity contribution is -0.120. The highest BCUT2D eigenvalue weighted by molar-refractivity contribution is 7.89. The van der Waals surface area contributed by atoms with Crippen molar-refractivity contribution in [1.29, 1.82) is 0 Å². The lowest BCUT2D eigenvalue weighted by atomic mass is 10.4. The van der Waals surface area contributed by atoms with Crippen LogP contribution in [0.25, 0.3) is 0 Å². The number of nitrogens with zero attached hydrogens (tertiary/aromatic N) is 2. The van der Waals surface area contributed by atoms with Gasteiger partial charge >= 0.3 is 0 Å². The summed E-state index contributed by atoms with van der Waals surface area (Å²) in [6.45, 7) is 0.818. The number of nitrogens with one attached hydrogen (secondary N) is 2. The van der Waals surface area contributed by atoms with E-state index < -0.39 is 10.0 Å². The fourth-order valence-electron chi connectivity index (χ4n) is 1.84. The lowest BCUT2D eigenvalue weighted by Crippen LogP contribution is -2.34. The zero-order valence-corrected chi connectivity index (χ0v) is 11.4. The molecule has 1 saturated heterocycles.